The molecule has 7 unspecified atom stereocenters. The fraction of sp³-hybridized carbons (Fsp3) is 0.861. The SMILES string of the molecule is CCCCCNC(CO[C@@H]1C2COC[C@]3(C[C@H]1OC(=O)O)C1=CC(=O)C4C(CCC(CC(C)C)[C@H]4C(=O)O)C1CCC23)C1CC1. The summed E-state index contributed by atoms with van der Waals surface area (Å²) in [5, 5.41) is 23.9. The Morgan fingerprint density at radius 1 is 1.09 bits per heavy atom. The van der Waals surface area contributed by atoms with Gasteiger partial charge in [-0.2, -0.15) is 0 Å². The summed E-state index contributed by atoms with van der Waals surface area (Å²) in [5.74, 6) is -0.744. The van der Waals surface area contributed by atoms with E-state index in [2.05, 4.69) is 26.1 Å². The summed E-state index contributed by atoms with van der Waals surface area (Å²) in [7, 11) is 0. The molecule has 45 heavy (non-hydrogen) atoms. The summed E-state index contributed by atoms with van der Waals surface area (Å²) in [6.45, 7) is 8.87. The number of fused-ring (bicyclic) bond motifs is 3. The fourth-order valence-corrected chi connectivity index (χ4v) is 10.6. The first-order valence-electron chi connectivity index (χ1n) is 18.0. The molecular weight excluding hydrogens is 574 g/mol. The average Bonchev–Trinajstić information content (AvgIpc) is 3.82. The lowest BCUT2D eigenvalue weighted by atomic mass is 9.45. The third kappa shape index (κ3) is 6.47. The van der Waals surface area contributed by atoms with E-state index in [1.54, 1.807) is 6.08 Å². The Kier molecular flexibility index (Phi) is 9.99. The molecule has 0 amide bonds. The molecule has 11 atom stereocenters. The second-order valence-corrected chi connectivity index (χ2v) is 15.7. The summed E-state index contributed by atoms with van der Waals surface area (Å²) >= 11 is 0. The Hall–Kier alpha value is -1.97. The van der Waals surface area contributed by atoms with Crippen LogP contribution in [0.3, 0.4) is 0 Å². The highest BCUT2D eigenvalue weighted by molar-refractivity contribution is 5.97. The zero-order valence-corrected chi connectivity index (χ0v) is 27.5. The van der Waals surface area contributed by atoms with Crippen LogP contribution >= 0.6 is 0 Å². The van der Waals surface area contributed by atoms with Crippen molar-refractivity contribution in [2.24, 2.45) is 58.7 Å². The van der Waals surface area contributed by atoms with E-state index in [4.69, 9.17) is 14.2 Å². The minimum atomic E-state index is -1.30. The van der Waals surface area contributed by atoms with Gasteiger partial charge in [-0.05, 0) is 106 Å². The topological polar surface area (TPSA) is 131 Å². The van der Waals surface area contributed by atoms with Gasteiger partial charge in [-0.1, -0.05) is 39.2 Å². The quantitative estimate of drug-likeness (QED) is 0.167. The number of allylic oxidation sites excluding steroid dienone is 1. The number of ether oxygens (including phenoxy) is 3. The van der Waals surface area contributed by atoms with Crippen molar-refractivity contribution in [3.8, 4) is 0 Å². The van der Waals surface area contributed by atoms with Crippen molar-refractivity contribution >= 4 is 17.9 Å². The highest BCUT2D eigenvalue weighted by Crippen LogP contribution is 2.64. The number of carbonyl (C=O) groups excluding carboxylic acids is 1. The van der Waals surface area contributed by atoms with E-state index in [0.29, 0.717) is 38.1 Å². The van der Waals surface area contributed by atoms with Crippen LogP contribution in [0.25, 0.3) is 0 Å². The van der Waals surface area contributed by atoms with Gasteiger partial charge in [0.1, 0.15) is 6.10 Å². The number of nitrogens with one attached hydrogen (secondary N) is 1. The molecule has 1 aliphatic heterocycles. The van der Waals surface area contributed by atoms with Crippen molar-refractivity contribution in [3.05, 3.63) is 11.6 Å². The van der Waals surface area contributed by atoms with E-state index in [1.165, 1.54) is 25.7 Å². The first-order valence-corrected chi connectivity index (χ1v) is 18.0. The molecule has 0 radical (unpaired) electrons. The Morgan fingerprint density at radius 3 is 2.58 bits per heavy atom. The number of hydrogen-bond acceptors (Lipinski definition) is 7. The zero-order valence-electron chi connectivity index (χ0n) is 27.5. The first-order chi connectivity index (χ1) is 21.6. The third-order valence-corrected chi connectivity index (χ3v) is 12.5. The maximum atomic E-state index is 14.0. The molecule has 5 fully saturated rings. The zero-order chi connectivity index (χ0) is 31.9. The summed E-state index contributed by atoms with van der Waals surface area (Å²) < 4.78 is 18.7. The number of ketones is 1. The lowest BCUT2D eigenvalue weighted by Crippen LogP contribution is -2.64. The van der Waals surface area contributed by atoms with Gasteiger partial charge in [0.05, 0.1) is 31.8 Å². The predicted octanol–water partition coefficient (Wildman–Crippen LogP) is 5.95. The molecule has 0 aromatic rings. The average molecular weight is 630 g/mol. The molecule has 3 N–H and O–H groups in total. The van der Waals surface area contributed by atoms with Gasteiger partial charge in [0.15, 0.2) is 5.78 Å². The van der Waals surface area contributed by atoms with Crippen molar-refractivity contribution in [1.82, 2.24) is 5.32 Å². The summed E-state index contributed by atoms with van der Waals surface area (Å²) in [4.78, 5) is 38.7. The molecule has 0 spiro atoms. The van der Waals surface area contributed by atoms with Crippen LogP contribution in [-0.4, -0.2) is 72.7 Å². The summed E-state index contributed by atoms with van der Waals surface area (Å²) in [5.41, 5.74) is 0.584. The number of hydrogen-bond donors (Lipinski definition) is 3. The minimum absolute atomic E-state index is 0.00334. The van der Waals surface area contributed by atoms with E-state index in [0.717, 1.165) is 50.6 Å². The maximum Gasteiger partial charge on any atom is 0.506 e. The molecule has 6 aliphatic rings. The molecule has 0 aromatic heterocycles. The van der Waals surface area contributed by atoms with Gasteiger partial charge in [0.25, 0.3) is 0 Å². The second-order valence-electron chi connectivity index (χ2n) is 15.7. The van der Waals surface area contributed by atoms with Crippen molar-refractivity contribution in [2.75, 3.05) is 26.4 Å². The lowest BCUT2D eigenvalue weighted by molar-refractivity contribution is -0.218. The molecule has 4 saturated carbocycles. The Balaban J connectivity index is 1.26. The molecule has 252 valence electrons. The highest BCUT2D eigenvalue weighted by Gasteiger charge is 2.64. The van der Waals surface area contributed by atoms with E-state index in [9.17, 15) is 24.6 Å². The third-order valence-electron chi connectivity index (χ3n) is 12.5. The van der Waals surface area contributed by atoms with Crippen LogP contribution in [0.2, 0.25) is 0 Å². The molecule has 1 heterocycles. The molecule has 1 saturated heterocycles. The van der Waals surface area contributed by atoms with Crippen molar-refractivity contribution in [2.45, 2.75) is 110 Å². The molecule has 9 nitrogen and oxygen atoms in total. The number of aliphatic carboxylic acids is 1. The van der Waals surface area contributed by atoms with Gasteiger partial charge >= 0.3 is 12.1 Å². The van der Waals surface area contributed by atoms with Gasteiger partial charge in [0, 0.05) is 23.3 Å². The normalized spacial score (nSPS) is 39.7. The molecule has 0 aromatic carbocycles. The molecule has 2 bridgehead atoms. The number of carboxylic acids is 1. The number of rotatable bonds is 13. The van der Waals surface area contributed by atoms with Crippen LogP contribution in [0.15, 0.2) is 11.6 Å². The largest absolute Gasteiger partial charge is 0.506 e. The molecule has 5 aliphatic carbocycles. The van der Waals surface area contributed by atoms with Crippen LogP contribution in [-0.2, 0) is 23.8 Å². The van der Waals surface area contributed by atoms with Crippen LogP contribution in [0, 0.1) is 58.7 Å². The van der Waals surface area contributed by atoms with Crippen LogP contribution in [0.4, 0.5) is 4.79 Å². The lowest BCUT2D eigenvalue weighted by Gasteiger charge is -2.62. The minimum Gasteiger partial charge on any atom is -0.481 e. The van der Waals surface area contributed by atoms with Crippen LogP contribution < -0.4 is 5.32 Å². The second kappa shape index (κ2) is 13.6. The van der Waals surface area contributed by atoms with Crippen molar-refractivity contribution < 1.29 is 38.8 Å². The van der Waals surface area contributed by atoms with Gasteiger partial charge in [-0.3, -0.25) is 9.59 Å². The number of carboxylic acid groups (broad SMARTS) is 2. The fourth-order valence-electron chi connectivity index (χ4n) is 10.6. The van der Waals surface area contributed by atoms with E-state index >= 15 is 0 Å². The summed E-state index contributed by atoms with van der Waals surface area (Å²) in [6.07, 6.45) is 10.2. The first kappa shape index (κ1) is 33.0. The Bertz CT molecular complexity index is 1130. The van der Waals surface area contributed by atoms with Crippen LogP contribution in [0.5, 0.6) is 0 Å². The van der Waals surface area contributed by atoms with Gasteiger partial charge in [-0.15, -0.1) is 0 Å². The molecular formula is C36H55NO8. The van der Waals surface area contributed by atoms with Gasteiger partial charge in [0.2, 0.25) is 0 Å². The van der Waals surface area contributed by atoms with E-state index in [1.807, 2.05) is 0 Å². The van der Waals surface area contributed by atoms with Gasteiger partial charge in [-0.25, -0.2) is 4.79 Å². The van der Waals surface area contributed by atoms with Crippen molar-refractivity contribution in [1.29, 1.82) is 0 Å². The van der Waals surface area contributed by atoms with Crippen LogP contribution in [0.1, 0.15) is 91.4 Å². The Labute approximate surface area is 268 Å². The Morgan fingerprint density at radius 2 is 1.89 bits per heavy atom. The molecule has 6 rings (SSSR count). The predicted molar refractivity (Wildman–Crippen MR) is 168 cm³/mol. The standard InChI is InChI=1S/C36H55NO8/c1-4-5-6-13-37-28(21-7-8-21)18-44-33-25-17-43-19-36(16-30(33)45-35(41)42)26(25)12-11-23-24-10-9-22(14-20(2)3)31(34(39)40)32(24)29(38)15-27(23)36/h15,20-26,28,30-33,37H,4-14,16-19H2,1-3H3,(H,39,40)(H,41,42)/t22?,23?,24?,25?,26?,28?,30-,31-,32?,33-,36+/m1/s1. The van der Waals surface area contributed by atoms with Crippen molar-refractivity contribution in [3.63, 3.8) is 0 Å². The smallest absolute Gasteiger partial charge is 0.481 e. The van der Waals surface area contributed by atoms with E-state index in [-0.39, 0.29) is 41.4 Å². The number of unbranched alkanes of at least 4 members (excludes halogenated alkanes) is 2. The highest BCUT2D eigenvalue weighted by atomic mass is 16.7. The number of carbonyl (C=O) groups is 3. The molecule has 9 heteroatoms. The van der Waals surface area contributed by atoms with E-state index < -0.39 is 41.6 Å². The monoisotopic (exact) mass is 629 g/mol. The van der Waals surface area contributed by atoms with Gasteiger partial charge < -0.3 is 29.7 Å². The maximum absolute atomic E-state index is 14.0. The summed E-state index contributed by atoms with van der Waals surface area (Å²) in [6, 6.07) is 0.253.